The van der Waals surface area contributed by atoms with Crippen LogP contribution in [0, 0.1) is 0 Å². The van der Waals surface area contributed by atoms with Gasteiger partial charge in [-0.1, -0.05) is 109 Å². The van der Waals surface area contributed by atoms with E-state index in [2.05, 4.69) is 133 Å². The third kappa shape index (κ3) is 2.90. The summed E-state index contributed by atoms with van der Waals surface area (Å²) >= 11 is 0. The largest absolute Gasteiger partial charge is 0.456 e. The average Bonchev–Trinajstić information content (AvgIpc) is 3.54. The molecule has 1 nitrogen and oxygen atoms in total. The molecule has 0 bridgehead atoms. The Morgan fingerprint density at radius 1 is 0.333 bits per heavy atom. The van der Waals surface area contributed by atoms with Crippen molar-refractivity contribution in [3.63, 3.8) is 0 Å². The van der Waals surface area contributed by atoms with Gasteiger partial charge in [0, 0.05) is 10.8 Å². The predicted octanol–water partition coefficient (Wildman–Crippen LogP) is 10.9. The Labute approximate surface area is 225 Å². The van der Waals surface area contributed by atoms with Crippen LogP contribution in [0.25, 0.3) is 88.0 Å². The van der Waals surface area contributed by atoms with Gasteiger partial charge in [0.25, 0.3) is 0 Å². The molecule has 39 heavy (non-hydrogen) atoms. The predicted molar refractivity (Wildman–Crippen MR) is 164 cm³/mol. The van der Waals surface area contributed by atoms with Crippen molar-refractivity contribution < 1.29 is 4.42 Å². The van der Waals surface area contributed by atoms with E-state index in [1.54, 1.807) is 0 Å². The van der Waals surface area contributed by atoms with Crippen LogP contribution in [0.15, 0.2) is 138 Å². The summed E-state index contributed by atoms with van der Waals surface area (Å²) in [5.41, 5.74) is 12.0. The van der Waals surface area contributed by atoms with E-state index >= 15 is 0 Å². The van der Waals surface area contributed by atoms with Gasteiger partial charge in [-0.15, -0.1) is 0 Å². The molecule has 0 amide bonds. The van der Waals surface area contributed by atoms with E-state index in [0.29, 0.717) is 0 Å². The Balaban J connectivity index is 1.26. The van der Waals surface area contributed by atoms with Crippen LogP contribution >= 0.6 is 0 Å². The van der Waals surface area contributed by atoms with Gasteiger partial charge in [-0.2, -0.15) is 0 Å². The third-order valence-electron chi connectivity index (χ3n) is 8.42. The molecule has 0 fully saturated rings. The molecule has 8 aromatic rings. The van der Waals surface area contributed by atoms with Gasteiger partial charge in [0.2, 0.25) is 0 Å². The van der Waals surface area contributed by atoms with Crippen molar-refractivity contribution in [3.05, 3.63) is 133 Å². The van der Waals surface area contributed by atoms with Crippen molar-refractivity contribution >= 4 is 43.5 Å². The molecule has 9 rings (SSSR count). The smallest absolute Gasteiger partial charge is 0.136 e. The first-order chi connectivity index (χ1) is 19.3. The summed E-state index contributed by atoms with van der Waals surface area (Å²) in [4.78, 5) is 0. The molecule has 1 aliphatic rings. The molecule has 0 radical (unpaired) electrons. The van der Waals surface area contributed by atoms with Gasteiger partial charge < -0.3 is 4.42 Å². The van der Waals surface area contributed by atoms with Gasteiger partial charge in [0.1, 0.15) is 11.2 Å². The highest BCUT2D eigenvalue weighted by molar-refractivity contribution is 6.22. The number of fused-ring (bicyclic) bond motifs is 7. The van der Waals surface area contributed by atoms with E-state index in [1.807, 2.05) is 0 Å². The van der Waals surface area contributed by atoms with Gasteiger partial charge in [-0.05, 0) is 90.3 Å². The Morgan fingerprint density at radius 3 is 1.85 bits per heavy atom. The molecule has 1 heteroatoms. The topological polar surface area (TPSA) is 13.1 Å². The maximum atomic E-state index is 6.49. The molecule has 0 unspecified atom stereocenters. The van der Waals surface area contributed by atoms with Crippen molar-refractivity contribution in [2.75, 3.05) is 0 Å². The van der Waals surface area contributed by atoms with E-state index in [4.69, 9.17) is 4.42 Å². The number of hydrogen-bond acceptors (Lipinski definition) is 1. The highest BCUT2D eigenvalue weighted by atomic mass is 16.3. The average molecular weight is 495 g/mol. The van der Waals surface area contributed by atoms with Gasteiger partial charge in [-0.3, -0.25) is 0 Å². The molecule has 180 valence electrons. The SMILES string of the molecule is c1ccc2c(c1)-c1cccc3c(-c4cccc5oc6cc(-c7ccc8ccccc8c7)ccc6c45)ccc-2c13. The van der Waals surface area contributed by atoms with Crippen LogP contribution in [0.1, 0.15) is 0 Å². The molecule has 0 atom stereocenters. The lowest BCUT2D eigenvalue weighted by atomic mass is 9.92. The van der Waals surface area contributed by atoms with Crippen molar-refractivity contribution in [2.45, 2.75) is 0 Å². The van der Waals surface area contributed by atoms with Crippen LogP contribution in [0.4, 0.5) is 0 Å². The molecule has 0 aliphatic heterocycles. The summed E-state index contributed by atoms with van der Waals surface area (Å²) in [7, 11) is 0. The summed E-state index contributed by atoms with van der Waals surface area (Å²) in [6, 6.07) is 48.3. The Morgan fingerprint density at radius 2 is 0.974 bits per heavy atom. The maximum absolute atomic E-state index is 6.49. The normalized spacial score (nSPS) is 12.1. The van der Waals surface area contributed by atoms with Crippen molar-refractivity contribution in [1.82, 2.24) is 0 Å². The van der Waals surface area contributed by atoms with Crippen LogP contribution in [0.2, 0.25) is 0 Å². The van der Waals surface area contributed by atoms with Crippen LogP contribution in [0.3, 0.4) is 0 Å². The first-order valence-electron chi connectivity index (χ1n) is 13.4. The van der Waals surface area contributed by atoms with Gasteiger partial charge in [-0.25, -0.2) is 0 Å². The first kappa shape index (κ1) is 20.9. The molecule has 1 aliphatic carbocycles. The van der Waals surface area contributed by atoms with E-state index in [9.17, 15) is 0 Å². The fraction of sp³-hybridized carbons (Fsp3) is 0. The molecule has 1 heterocycles. The zero-order valence-corrected chi connectivity index (χ0v) is 21.1. The fourth-order valence-corrected chi connectivity index (χ4v) is 6.64. The van der Waals surface area contributed by atoms with E-state index < -0.39 is 0 Å². The molecule has 0 N–H and O–H groups in total. The Hall–Kier alpha value is -5.14. The standard InChI is InChI=1S/C38H22O/c1-2-8-24-21-25(16-15-23(24)7-1)26-17-18-34-36(22-26)39-35-14-6-13-32(38(34)35)29-19-20-33-28-10-4-3-9-27(28)30-11-5-12-31(29)37(30)33/h1-22H. The number of benzene rings is 7. The zero-order chi connectivity index (χ0) is 25.5. The summed E-state index contributed by atoms with van der Waals surface area (Å²) in [5, 5.41) is 7.46. The quantitative estimate of drug-likeness (QED) is 0.233. The van der Waals surface area contributed by atoms with E-state index in [1.165, 1.54) is 65.9 Å². The highest BCUT2D eigenvalue weighted by Crippen LogP contribution is 2.50. The van der Waals surface area contributed by atoms with Crippen LogP contribution < -0.4 is 0 Å². The summed E-state index contributed by atoms with van der Waals surface area (Å²) in [6.07, 6.45) is 0. The lowest BCUT2D eigenvalue weighted by molar-refractivity contribution is 0.669. The minimum atomic E-state index is 0.918. The van der Waals surface area contributed by atoms with E-state index in [-0.39, 0.29) is 0 Å². The van der Waals surface area contributed by atoms with Gasteiger partial charge >= 0.3 is 0 Å². The van der Waals surface area contributed by atoms with Crippen molar-refractivity contribution in [2.24, 2.45) is 0 Å². The van der Waals surface area contributed by atoms with Crippen molar-refractivity contribution in [3.8, 4) is 44.5 Å². The molecule has 1 aromatic heterocycles. The van der Waals surface area contributed by atoms with Crippen LogP contribution in [0.5, 0.6) is 0 Å². The molecular formula is C38H22O. The maximum Gasteiger partial charge on any atom is 0.136 e. The van der Waals surface area contributed by atoms with Crippen molar-refractivity contribution in [1.29, 1.82) is 0 Å². The minimum Gasteiger partial charge on any atom is -0.456 e. The number of rotatable bonds is 2. The van der Waals surface area contributed by atoms with Crippen LogP contribution in [-0.2, 0) is 0 Å². The number of hydrogen-bond donors (Lipinski definition) is 0. The Bertz CT molecular complexity index is 2250. The molecule has 0 saturated heterocycles. The summed E-state index contributed by atoms with van der Waals surface area (Å²) in [6.45, 7) is 0. The third-order valence-corrected chi connectivity index (χ3v) is 8.42. The second-order valence-corrected chi connectivity index (χ2v) is 10.5. The zero-order valence-electron chi connectivity index (χ0n) is 21.1. The lowest BCUT2D eigenvalue weighted by Gasteiger charge is -2.11. The molecule has 0 saturated carbocycles. The monoisotopic (exact) mass is 494 g/mol. The minimum absolute atomic E-state index is 0.918. The first-order valence-corrected chi connectivity index (χ1v) is 13.4. The Kier molecular flexibility index (Phi) is 4.11. The molecule has 0 spiro atoms. The fourth-order valence-electron chi connectivity index (χ4n) is 6.64. The lowest BCUT2D eigenvalue weighted by Crippen LogP contribution is -1.85. The molecule has 7 aromatic carbocycles. The summed E-state index contributed by atoms with van der Waals surface area (Å²) in [5.74, 6) is 0. The summed E-state index contributed by atoms with van der Waals surface area (Å²) < 4.78 is 6.49. The highest BCUT2D eigenvalue weighted by Gasteiger charge is 2.23. The van der Waals surface area contributed by atoms with E-state index in [0.717, 1.165) is 22.1 Å². The van der Waals surface area contributed by atoms with Gasteiger partial charge in [0.15, 0.2) is 0 Å². The van der Waals surface area contributed by atoms with Gasteiger partial charge in [0.05, 0.1) is 0 Å². The van der Waals surface area contributed by atoms with Crippen LogP contribution in [-0.4, -0.2) is 0 Å². The second-order valence-electron chi connectivity index (χ2n) is 10.5. The second kappa shape index (κ2) is 7.69. The number of furan rings is 1. The molecular weight excluding hydrogens is 472 g/mol.